The van der Waals surface area contributed by atoms with Crippen LogP contribution in [0.3, 0.4) is 0 Å². The van der Waals surface area contributed by atoms with Crippen molar-refractivity contribution in [2.24, 2.45) is 0 Å². The average Bonchev–Trinajstić information content (AvgIpc) is 1.80. The van der Waals surface area contributed by atoms with Gasteiger partial charge in [0.2, 0.25) is 0 Å². The van der Waals surface area contributed by atoms with Crippen LogP contribution in [0, 0.1) is 11.3 Å². The van der Waals surface area contributed by atoms with E-state index in [0.717, 1.165) is 0 Å². The number of hydrogen-bond donors (Lipinski definition) is 1. The Labute approximate surface area is 57.8 Å². The lowest BCUT2D eigenvalue weighted by Gasteiger charge is -1.95. The summed E-state index contributed by atoms with van der Waals surface area (Å²) < 4.78 is 3.96. The number of hydrogen-bond acceptors (Lipinski definition) is 5. The molecule has 0 fully saturated rings. The van der Waals surface area contributed by atoms with Gasteiger partial charge in [-0.15, -0.1) is 4.33 Å². The first-order valence-corrected chi connectivity index (χ1v) is 2.83. The lowest BCUT2D eigenvalue weighted by Crippen LogP contribution is -2.00. The molecule has 0 amide bonds. The summed E-state index contributed by atoms with van der Waals surface area (Å²) in [5.74, 6) is 0. The highest BCUT2D eigenvalue weighted by molar-refractivity contribution is 7.99. The molecule has 0 aromatic rings. The minimum atomic E-state index is 0.707. The van der Waals surface area contributed by atoms with Gasteiger partial charge in [0.05, 0.1) is 0 Å². The topological polar surface area (TPSA) is 41.9 Å². The van der Waals surface area contributed by atoms with Crippen LogP contribution >= 0.6 is 12.0 Å². The zero-order valence-corrected chi connectivity index (χ0v) is 5.94. The Bertz CT molecular complexity index is 117. The molecule has 0 radical (unpaired) electrons. The highest BCUT2D eigenvalue weighted by Gasteiger charge is 1.78. The second-order valence-electron chi connectivity index (χ2n) is 1.33. The maximum atomic E-state index is 7.61. The van der Waals surface area contributed by atoms with Crippen molar-refractivity contribution in [3.63, 3.8) is 0 Å². The zero-order chi connectivity index (χ0) is 7.11. The quantitative estimate of drug-likeness (QED) is 0.155. The van der Waals surface area contributed by atoms with Crippen molar-refractivity contribution in [1.29, 1.82) is 0 Å². The molecule has 0 saturated heterocycles. The van der Waals surface area contributed by atoms with E-state index in [4.69, 9.17) is 5.26 Å². The molecule has 0 spiro atoms. The van der Waals surface area contributed by atoms with Crippen LogP contribution in [0.2, 0.25) is 0 Å². The molecule has 0 bridgehead atoms. The van der Waals surface area contributed by atoms with Crippen molar-refractivity contribution < 1.29 is 14.6 Å². The van der Waals surface area contributed by atoms with Gasteiger partial charge in [-0.05, 0) is 0 Å². The minimum Gasteiger partial charge on any atom is -0.338 e. The summed E-state index contributed by atoms with van der Waals surface area (Å²) in [7, 11) is 3.57. The van der Waals surface area contributed by atoms with Crippen molar-refractivity contribution in [3.05, 3.63) is 0 Å². The highest BCUT2D eigenvalue weighted by atomic mass is 32.2. The first kappa shape index (κ1) is 8.59. The van der Waals surface area contributed by atoms with Gasteiger partial charge in [0.25, 0.3) is 0 Å². The van der Waals surface area contributed by atoms with Gasteiger partial charge in [-0.2, -0.15) is 0 Å². The molecule has 1 N–H and O–H groups in total. The molecule has 0 rings (SSSR count). The SMILES string of the molecule is CN(C)C#CSOOO. The van der Waals surface area contributed by atoms with Crippen LogP contribution in [0.4, 0.5) is 0 Å². The van der Waals surface area contributed by atoms with Gasteiger partial charge in [0.15, 0.2) is 0 Å². The summed E-state index contributed by atoms with van der Waals surface area (Å²) in [6.45, 7) is 0. The number of rotatable bonds is 2. The molecule has 0 aliphatic heterocycles. The van der Waals surface area contributed by atoms with E-state index in [-0.39, 0.29) is 0 Å². The molecule has 4 nitrogen and oxygen atoms in total. The predicted octanol–water partition coefficient (Wildman–Crippen LogP) is 0.536. The largest absolute Gasteiger partial charge is 0.338 e. The third-order valence-corrected chi connectivity index (χ3v) is 0.679. The van der Waals surface area contributed by atoms with E-state index in [2.05, 4.69) is 20.7 Å². The fraction of sp³-hybridized carbons (Fsp3) is 0.500. The zero-order valence-electron chi connectivity index (χ0n) is 5.12. The van der Waals surface area contributed by atoms with Crippen LogP contribution in [-0.2, 0) is 9.37 Å². The van der Waals surface area contributed by atoms with Gasteiger partial charge in [-0.25, -0.2) is 5.26 Å². The molecular formula is C4H7NO3S. The van der Waals surface area contributed by atoms with Crippen LogP contribution in [-0.4, -0.2) is 24.3 Å². The summed E-state index contributed by atoms with van der Waals surface area (Å²) in [6, 6.07) is 2.61. The summed E-state index contributed by atoms with van der Waals surface area (Å²) >= 11 is 0.707. The van der Waals surface area contributed by atoms with Gasteiger partial charge in [-0.3, -0.25) is 0 Å². The first-order valence-electron chi connectivity index (χ1n) is 2.09. The summed E-state index contributed by atoms with van der Waals surface area (Å²) in [5, 5.41) is 13.3. The summed E-state index contributed by atoms with van der Waals surface area (Å²) in [6.07, 6.45) is 0. The normalized spacial score (nSPS) is 7.89. The van der Waals surface area contributed by atoms with Gasteiger partial charge < -0.3 is 4.90 Å². The average molecular weight is 149 g/mol. The van der Waals surface area contributed by atoms with Gasteiger partial charge >= 0.3 is 0 Å². The van der Waals surface area contributed by atoms with E-state index in [9.17, 15) is 0 Å². The standard InChI is InChI=1S/C4H7NO3S/c1-5(2)3-4-9-8-7-6/h6H,1-2H3. The molecule has 0 unspecified atom stereocenters. The molecule has 0 heterocycles. The van der Waals surface area contributed by atoms with Crippen molar-refractivity contribution >= 4 is 12.0 Å². The molecule has 9 heavy (non-hydrogen) atoms. The van der Waals surface area contributed by atoms with Gasteiger partial charge in [-0.1, -0.05) is 5.04 Å². The molecule has 0 aliphatic carbocycles. The predicted molar refractivity (Wildman–Crippen MR) is 33.9 cm³/mol. The smallest absolute Gasteiger partial charge is 0.126 e. The van der Waals surface area contributed by atoms with E-state index in [1.165, 1.54) is 0 Å². The molecule has 52 valence electrons. The second-order valence-corrected chi connectivity index (χ2v) is 1.84. The number of nitrogens with zero attached hydrogens (tertiary/aromatic N) is 1. The molecule has 0 atom stereocenters. The molecule has 0 aromatic carbocycles. The Balaban J connectivity index is 3.16. The Hall–Kier alpha value is -0.410. The van der Waals surface area contributed by atoms with Gasteiger partial charge in [0, 0.05) is 25.4 Å². The lowest BCUT2D eigenvalue weighted by molar-refractivity contribution is -0.431. The molecule has 0 aliphatic rings. The Morgan fingerprint density at radius 3 is 2.67 bits per heavy atom. The minimum absolute atomic E-state index is 0.707. The highest BCUT2D eigenvalue weighted by Crippen LogP contribution is 1.96. The lowest BCUT2D eigenvalue weighted by atomic mass is 10.9. The first-order chi connectivity index (χ1) is 4.27. The van der Waals surface area contributed by atoms with E-state index >= 15 is 0 Å². The Kier molecular flexibility index (Phi) is 5.46. The monoisotopic (exact) mass is 149 g/mol. The van der Waals surface area contributed by atoms with Crippen LogP contribution in [0.1, 0.15) is 0 Å². The van der Waals surface area contributed by atoms with E-state index in [0.29, 0.717) is 12.0 Å². The van der Waals surface area contributed by atoms with Crippen molar-refractivity contribution in [2.75, 3.05) is 14.1 Å². The molecule has 5 heteroatoms. The Morgan fingerprint density at radius 2 is 2.22 bits per heavy atom. The maximum absolute atomic E-state index is 7.61. The fourth-order valence-corrected chi connectivity index (χ4v) is 0.426. The summed E-state index contributed by atoms with van der Waals surface area (Å²) in [5.41, 5.74) is 0. The van der Waals surface area contributed by atoms with Crippen molar-refractivity contribution in [2.45, 2.75) is 0 Å². The van der Waals surface area contributed by atoms with Crippen LogP contribution < -0.4 is 0 Å². The van der Waals surface area contributed by atoms with Crippen LogP contribution in [0.25, 0.3) is 0 Å². The third kappa shape index (κ3) is 7.59. The van der Waals surface area contributed by atoms with Gasteiger partial charge in [0.1, 0.15) is 12.0 Å². The molecule has 0 aromatic heterocycles. The second kappa shape index (κ2) is 5.72. The fourth-order valence-electron chi connectivity index (χ4n) is 0.142. The van der Waals surface area contributed by atoms with E-state index in [1.807, 2.05) is 0 Å². The van der Waals surface area contributed by atoms with Crippen LogP contribution in [0.5, 0.6) is 0 Å². The molecule has 0 saturated carbocycles. The summed E-state index contributed by atoms with van der Waals surface area (Å²) in [4.78, 5) is 1.65. The van der Waals surface area contributed by atoms with Crippen LogP contribution in [0.15, 0.2) is 0 Å². The molecular weight excluding hydrogens is 142 g/mol. The van der Waals surface area contributed by atoms with E-state index in [1.54, 1.807) is 19.0 Å². The van der Waals surface area contributed by atoms with Crippen molar-refractivity contribution in [1.82, 2.24) is 4.90 Å². The maximum Gasteiger partial charge on any atom is 0.126 e. The Morgan fingerprint density at radius 1 is 1.56 bits per heavy atom. The van der Waals surface area contributed by atoms with E-state index < -0.39 is 0 Å². The third-order valence-electron chi connectivity index (χ3n) is 0.375. The van der Waals surface area contributed by atoms with Crippen molar-refractivity contribution in [3.8, 4) is 11.3 Å².